The van der Waals surface area contributed by atoms with E-state index in [4.69, 9.17) is 14.1 Å². The van der Waals surface area contributed by atoms with E-state index in [2.05, 4.69) is 46.9 Å². The highest BCUT2D eigenvalue weighted by atomic mass is 28.4. The Morgan fingerprint density at radius 3 is 2.11 bits per heavy atom. The third-order valence-electron chi connectivity index (χ3n) is 8.91. The van der Waals surface area contributed by atoms with E-state index in [0.717, 1.165) is 52.4 Å². The zero-order chi connectivity index (χ0) is 33.7. The molecule has 0 unspecified atom stereocenters. The number of nitrogens with zero attached hydrogens (tertiary/aromatic N) is 3. The minimum atomic E-state index is -1.90. The van der Waals surface area contributed by atoms with Crippen LogP contribution in [-0.4, -0.2) is 30.1 Å². The van der Waals surface area contributed by atoms with Crippen LogP contribution in [0.5, 0.6) is 5.75 Å². The van der Waals surface area contributed by atoms with E-state index in [0.29, 0.717) is 30.7 Å². The molecule has 6 nitrogen and oxygen atoms in total. The van der Waals surface area contributed by atoms with Crippen LogP contribution in [0.2, 0.25) is 18.1 Å². The lowest BCUT2D eigenvalue weighted by Gasteiger charge is -2.39. The van der Waals surface area contributed by atoms with Gasteiger partial charge in [0.15, 0.2) is 8.32 Å². The quantitative estimate of drug-likeness (QED) is 0.145. The normalized spacial score (nSPS) is 12.2. The number of nitriles is 1. The summed E-state index contributed by atoms with van der Waals surface area (Å²) in [4.78, 5) is 19.3. The number of hydrogen-bond donors (Lipinski definition) is 0. The summed E-state index contributed by atoms with van der Waals surface area (Å²) in [5, 5.41) is 9.66. The fourth-order valence-electron chi connectivity index (χ4n) is 5.18. The maximum atomic E-state index is 14.2. The van der Waals surface area contributed by atoms with Crippen molar-refractivity contribution in [1.29, 1.82) is 5.26 Å². The second kappa shape index (κ2) is 14.2. The molecule has 0 saturated carbocycles. The van der Waals surface area contributed by atoms with Gasteiger partial charge in [0, 0.05) is 6.42 Å². The minimum absolute atomic E-state index is 0.0361. The number of ether oxygens (including phenoxy) is 1. The summed E-state index contributed by atoms with van der Waals surface area (Å²) in [6, 6.07) is 25.7. The van der Waals surface area contributed by atoms with Crippen LogP contribution in [0.1, 0.15) is 77.5 Å². The predicted molar refractivity (Wildman–Crippen MR) is 191 cm³/mol. The molecule has 0 spiro atoms. The first-order valence-electron chi connectivity index (χ1n) is 16.3. The lowest BCUT2D eigenvalue weighted by atomic mass is 9.99. The number of aromatic nitrogens is 2. The Hall–Kier alpha value is -3.99. The van der Waals surface area contributed by atoms with Crippen LogP contribution in [0.25, 0.3) is 22.3 Å². The Labute approximate surface area is 276 Å². The Balaban J connectivity index is 1.62. The van der Waals surface area contributed by atoms with Gasteiger partial charge in [-0.05, 0) is 85.3 Å². The average molecular weight is 636 g/mol. The summed E-state index contributed by atoms with van der Waals surface area (Å²) in [7, 11) is -1.90. The highest BCUT2D eigenvalue weighted by Crippen LogP contribution is 2.37. The van der Waals surface area contributed by atoms with Crippen LogP contribution >= 0.6 is 0 Å². The van der Waals surface area contributed by atoms with Gasteiger partial charge in [-0.2, -0.15) is 5.26 Å². The summed E-state index contributed by atoms with van der Waals surface area (Å²) in [5.41, 5.74) is 5.24. The molecule has 0 aliphatic rings. The van der Waals surface area contributed by atoms with Crippen molar-refractivity contribution in [3.8, 4) is 34.1 Å². The van der Waals surface area contributed by atoms with Gasteiger partial charge in [0.05, 0.1) is 36.0 Å². The number of benzene rings is 3. The van der Waals surface area contributed by atoms with Crippen molar-refractivity contribution in [1.82, 2.24) is 9.55 Å². The van der Waals surface area contributed by atoms with Crippen molar-refractivity contribution in [2.45, 2.75) is 98.0 Å². The molecule has 3 aromatic carbocycles. The van der Waals surface area contributed by atoms with Gasteiger partial charge in [0.25, 0.3) is 5.56 Å². The molecule has 4 rings (SSSR count). The summed E-state index contributed by atoms with van der Waals surface area (Å²) in [5.74, 6) is 1.54. The molecule has 0 aliphatic carbocycles. The molecular weight excluding hydrogens is 587 g/mol. The van der Waals surface area contributed by atoms with E-state index in [1.165, 1.54) is 0 Å². The standard InChI is InChI=1S/C39H49N3O3Si/c1-10-14-35-41-34(11-2)36(30-21-23-32(24-22-30)45-39(6,7)27-44-46(8,9)38(3,4)5)37(43)42(35)26-28-17-19-29(20-18-28)33-16-13-12-15-31(33)25-40/h12-13,15-24H,10-11,14,26-27H2,1-9H3. The van der Waals surface area contributed by atoms with E-state index in [9.17, 15) is 10.1 Å². The van der Waals surface area contributed by atoms with Crippen LogP contribution < -0.4 is 10.3 Å². The first-order chi connectivity index (χ1) is 21.7. The van der Waals surface area contributed by atoms with Crippen molar-refractivity contribution in [2.24, 2.45) is 0 Å². The van der Waals surface area contributed by atoms with Gasteiger partial charge in [-0.3, -0.25) is 9.36 Å². The smallest absolute Gasteiger partial charge is 0.261 e. The lowest BCUT2D eigenvalue weighted by Crippen LogP contribution is -2.46. The van der Waals surface area contributed by atoms with E-state index >= 15 is 0 Å². The van der Waals surface area contributed by atoms with Gasteiger partial charge >= 0.3 is 0 Å². The lowest BCUT2D eigenvalue weighted by molar-refractivity contribution is 0.0462. The molecule has 0 radical (unpaired) electrons. The monoisotopic (exact) mass is 635 g/mol. The Morgan fingerprint density at radius 1 is 0.891 bits per heavy atom. The molecule has 242 valence electrons. The number of hydrogen-bond acceptors (Lipinski definition) is 5. The maximum absolute atomic E-state index is 14.2. The molecule has 0 aliphatic heterocycles. The van der Waals surface area contributed by atoms with Crippen molar-refractivity contribution < 1.29 is 9.16 Å². The Bertz CT molecular complexity index is 1740. The molecule has 4 aromatic rings. The van der Waals surface area contributed by atoms with Gasteiger partial charge in [0.1, 0.15) is 17.2 Å². The highest BCUT2D eigenvalue weighted by Gasteiger charge is 2.39. The minimum Gasteiger partial charge on any atom is -0.486 e. The summed E-state index contributed by atoms with van der Waals surface area (Å²) < 4.78 is 14.7. The fraction of sp³-hybridized carbons (Fsp3) is 0.410. The summed E-state index contributed by atoms with van der Waals surface area (Å²) in [6.45, 7) is 20.4. The van der Waals surface area contributed by atoms with Crippen LogP contribution in [-0.2, 0) is 23.8 Å². The van der Waals surface area contributed by atoms with Crippen LogP contribution in [0.15, 0.2) is 77.6 Å². The SMILES string of the molecule is CCCc1nc(CC)c(-c2ccc(OC(C)(C)CO[Si](C)(C)C(C)(C)C)cc2)c(=O)n1Cc1ccc(-c2ccccc2C#N)cc1. The second-order valence-electron chi connectivity index (χ2n) is 14.1. The van der Waals surface area contributed by atoms with Gasteiger partial charge in [-0.15, -0.1) is 0 Å². The van der Waals surface area contributed by atoms with Crippen LogP contribution in [0.4, 0.5) is 0 Å². The Morgan fingerprint density at radius 2 is 1.52 bits per heavy atom. The molecule has 0 fully saturated rings. The van der Waals surface area contributed by atoms with Crippen molar-refractivity contribution in [2.75, 3.05) is 6.61 Å². The first kappa shape index (κ1) is 34.9. The zero-order valence-corrected chi connectivity index (χ0v) is 30.0. The Kier molecular flexibility index (Phi) is 10.8. The van der Waals surface area contributed by atoms with E-state index in [1.807, 2.05) is 98.1 Å². The topological polar surface area (TPSA) is 77.1 Å². The van der Waals surface area contributed by atoms with E-state index in [-0.39, 0.29) is 10.6 Å². The number of aryl methyl sites for hydroxylation is 2. The molecule has 0 N–H and O–H groups in total. The molecule has 0 saturated heterocycles. The molecule has 1 aromatic heterocycles. The highest BCUT2D eigenvalue weighted by molar-refractivity contribution is 6.74. The van der Waals surface area contributed by atoms with E-state index < -0.39 is 13.9 Å². The third-order valence-corrected chi connectivity index (χ3v) is 13.4. The molecule has 1 heterocycles. The second-order valence-corrected chi connectivity index (χ2v) is 18.9. The zero-order valence-electron chi connectivity index (χ0n) is 29.0. The van der Waals surface area contributed by atoms with Gasteiger partial charge in [-0.1, -0.05) is 89.2 Å². The first-order valence-corrected chi connectivity index (χ1v) is 19.2. The summed E-state index contributed by atoms with van der Waals surface area (Å²) >= 11 is 0. The van der Waals surface area contributed by atoms with Gasteiger partial charge in [-0.25, -0.2) is 4.98 Å². The molecule has 46 heavy (non-hydrogen) atoms. The molecule has 0 atom stereocenters. The fourth-order valence-corrected chi connectivity index (χ4v) is 6.33. The molecular formula is C39H49N3O3Si. The third kappa shape index (κ3) is 8.04. The molecule has 0 amide bonds. The van der Waals surface area contributed by atoms with Crippen LogP contribution in [0.3, 0.4) is 0 Å². The maximum Gasteiger partial charge on any atom is 0.261 e. The van der Waals surface area contributed by atoms with Crippen molar-refractivity contribution in [3.63, 3.8) is 0 Å². The van der Waals surface area contributed by atoms with Crippen molar-refractivity contribution in [3.05, 3.63) is 106 Å². The van der Waals surface area contributed by atoms with Gasteiger partial charge < -0.3 is 9.16 Å². The van der Waals surface area contributed by atoms with Gasteiger partial charge in [0.2, 0.25) is 0 Å². The molecule has 0 bridgehead atoms. The van der Waals surface area contributed by atoms with Crippen LogP contribution in [0, 0.1) is 11.3 Å². The average Bonchev–Trinajstić information content (AvgIpc) is 3.02. The van der Waals surface area contributed by atoms with E-state index in [1.54, 1.807) is 0 Å². The largest absolute Gasteiger partial charge is 0.486 e. The number of rotatable bonds is 12. The molecule has 7 heteroatoms. The van der Waals surface area contributed by atoms with Crippen molar-refractivity contribution >= 4 is 8.32 Å². The predicted octanol–water partition coefficient (Wildman–Crippen LogP) is 9.19. The summed E-state index contributed by atoms with van der Waals surface area (Å²) in [6.07, 6.45) is 2.26.